The second kappa shape index (κ2) is 8.86. The van der Waals surface area contributed by atoms with Crippen LogP contribution in [0.25, 0.3) is 0 Å². The van der Waals surface area contributed by atoms with E-state index in [9.17, 15) is 0 Å². The first-order valence-corrected chi connectivity index (χ1v) is 4.32. The SMILES string of the molecule is N[NH][Au][Cl].O. The van der Waals surface area contributed by atoms with Crippen molar-refractivity contribution in [2.24, 2.45) is 5.84 Å². The molecule has 0 aliphatic rings. The summed E-state index contributed by atoms with van der Waals surface area (Å²) in [5.41, 5.74) is 0. The van der Waals surface area contributed by atoms with Gasteiger partial charge in [-0.2, -0.15) is 0 Å². The van der Waals surface area contributed by atoms with E-state index in [2.05, 4.69) is 9.67 Å². The fourth-order valence-electron chi connectivity index (χ4n) is 0. The van der Waals surface area contributed by atoms with E-state index in [-0.39, 0.29) is 24.4 Å². The summed E-state index contributed by atoms with van der Waals surface area (Å²) in [6.07, 6.45) is 0. The molecule has 0 heterocycles. The molecule has 39 valence electrons. The standard InChI is InChI=1S/Au.ClH.H3N2.H2O/c;;1-2;/h;1H;1H,2H2;1H2/q+2;;-1;/p-1. The van der Waals surface area contributed by atoms with Gasteiger partial charge in [0.1, 0.15) is 0 Å². The third-order valence-corrected chi connectivity index (χ3v) is 0.808. The van der Waals surface area contributed by atoms with E-state index < -0.39 is 0 Å². The molecule has 0 aliphatic carbocycles. The van der Waals surface area contributed by atoms with Crippen LogP contribution in [0.5, 0.6) is 0 Å². The van der Waals surface area contributed by atoms with Crippen LogP contribution in [0.3, 0.4) is 0 Å². The summed E-state index contributed by atoms with van der Waals surface area (Å²) in [5, 5.41) is 0. The number of hydrogen-bond acceptors (Lipinski definition) is 2. The number of hydrogen-bond donors (Lipinski definition) is 2. The molecule has 0 radical (unpaired) electrons. The molecule has 5 N–H and O–H groups in total. The van der Waals surface area contributed by atoms with Crippen LogP contribution >= 0.6 is 9.19 Å². The molecule has 0 aliphatic heterocycles. The number of hydrazine groups is 1. The van der Waals surface area contributed by atoms with Crippen molar-refractivity contribution in [3.8, 4) is 0 Å². The first-order chi connectivity index (χ1) is 1.91. The van der Waals surface area contributed by atoms with E-state index in [0.717, 1.165) is 0 Å². The molecule has 5 heteroatoms. The summed E-state index contributed by atoms with van der Waals surface area (Å²) in [6.45, 7) is 0. The van der Waals surface area contributed by atoms with Gasteiger partial charge < -0.3 is 5.48 Å². The zero-order valence-electron chi connectivity index (χ0n) is 2.26. The summed E-state index contributed by atoms with van der Waals surface area (Å²) < 4.78 is 2.29. The molecule has 0 rings (SSSR count). The summed E-state index contributed by atoms with van der Waals surface area (Å²) in [7, 11) is 5.05. The van der Waals surface area contributed by atoms with Gasteiger partial charge in [0.05, 0.1) is 0 Å². The molecule has 0 aromatic carbocycles. The quantitative estimate of drug-likeness (QED) is 0.359. The van der Waals surface area contributed by atoms with Crippen LogP contribution in [-0.4, -0.2) is 5.48 Å². The molecule has 0 spiro atoms. The van der Waals surface area contributed by atoms with Crippen LogP contribution in [0.1, 0.15) is 0 Å². The van der Waals surface area contributed by atoms with E-state index in [4.69, 9.17) is 9.19 Å². The number of rotatable bonds is 1. The fourth-order valence-corrected chi connectivity index (χ4v) is 0. The van der Waals surface area contributed by atoms with E-state index in [1.165, 1.54) is 0 Å². The predicted octanol–water partition coefficient (Wildman–Crippen LogP) is -1.22. The van der Waals surface area contributed by atoms with Crippen molar-refractivity contribution in [1.82, 2.24) is 3.83 Å². The first-order valence-electron chi connectivity index (χ1n) is 0.553. The van der Waals surface area contributed by atoms with Gasteiger partial charge in [-0.1, -0.05) is 0 Å². The maximum Gasteiger partial charge on any atom is -0.412 e. The molecule has 3 nitrogen and oxygen atoms in total. The minimum absolute atomic E-state index is 0. The van der Waals surface area contributed by atoms with E-state index >= 15 is 0 Å². The van der Waals surface area contributed by atoms with Crippen molar-refractivity contribution in [3.63, 3.8) is 0 Å². The normalized spacial score (nSPS) is 6.80. The Bertz CT molecular complexity index is 11.6. The van der Waals surface area contributed by atoms with E-state index in [1.54, 1.807) is 0 Å². The van der Waals surface area contributed by atoms with Gasteiger partial charge in [0, 0.05) is 0 Å². The van der Waals surface area contributed by atoms with Crippen molar-refractivity contribution in [3.05, 3.63) is 0 Å². The molecule has 0 aromatic rings. The van der Waals surface area contributed by atoms with Gasteiger partial charge in [0.2, 0.25) is 0 Å². The third kappa shape index (κ3) is 11.4. The zero-order chi connectivity index (χ0) is 3.41. The molecule has 0 atom stereocenters. The van der Waals surface area contributed by atoms with Crippen LogP contribution in [0.2, 0.25) is 0 Å². The minimum atomic E-state index is -0.307. The second-order valence-electron chi connectivity index (χ2n) is 0.144. The van der Waals surface area contributed by atoms with Crippen LogP contribution in [-0.2, 0) is 18.9 Å². The smallest absolute Gasteiger partial charge is 0.412 e. The van der Waals surface area contributed by atoms with Crippen molar-refractivity contribution in [1.29, 1.82) is 0 Å². The second-order valence-corrected chi connectivity index (χ2v) is 2.11. The van der Waals surface area contributed by atoms with Crippen LogP contribution < -0.4 is 9.67 Å². The number of halogens is 1. The van der Waals surface area contributed by atoms with Crippen molar-refractivity contribution in [2.75, 3.05) is 0 Å². The molecule has 0 aromatic heterocycles. The number of nitrogens with one attached hydrogen (secondary N) is 1. The Morgan fingerprint density at radius 2 is 2.00 bits per heavy atom. The fraction of sp³-hybridized carbons (Fsp3) is 0. The Labute approximate surface area is 43.6 Å². The molecule has 5 heavy (non-hydrogen) atoms. The predicted molar refractivity (Wildman–Crippen MR) is 16.8 cm³/mol. The average Bonchev–Trinajstić information content (AvgIpc) is 1.37. The van der Waals surface area contributed by atoms with Gasteiger partial charge in [0.25, 0.3) is 0 Å². The van der Waals surface area contributed by atoms with Gasteiger partial charge >= 0.3 is 37.8 Å². The Morgan fingerprint density at radius 3 is 2.00 bits per heavy atom. The maximum atomic E-state index is 5.05. The Hall–Kier alpha value is 0.910. The molecule has 0 bridgehead atoms. The van der Waals surface area contributed by atoms with Gasteiger partial charge in [-0.3, -0.25) is 0 Å². The summed E-state index contributed by atoms with van der Waals surface area (Å²) in [6, 6.07) is 0. The van der Waals surface area contributed by atoms with Gasteiger partial charge in [0.15, 0.2) is 0 Å². The van der Waals surface area contributed by atoms with E-state index in [0.29, 0.717) is 0 Å². The summed E-state index contributed by atoms with van der Waals surface area (Å²) >= 11 is -0.307. The Balaban J connectivity index is 0. The molecule has 0 amide bonds. The third-order valence-electron chi connectivity index (χ3n) is 0.0329. The maximum absolute atomic E-state index is 5.05. The van der Waals surface area contributed by atoms with Gasteiger partial charge in [-0.05, 0) is 0 Å². The Morgan fingerprint density at radius 1 is 1.80 bits per heavy atom. The van der Waals surface area contributed by atoms with Crippen LogP contribution in [0, 0.1) is 0 Å². The summed E-state index contributed by atoms with van der Waals surface area (Å²) in [4.78, 5) is 0. The van der Waals surface area contributed by atoms with Crippen molar-refractivity contribution < 1.29 is 24.4 Å². The molecular weight excluding hydrogens is 276 g/mol. The van der Waals surface area contributed by atoms with E-state index in [1.807, 2.05) is 0 Å². The topological polar surface area (TPSA) is 69.5 Å². The summed E-state index contributed by atoms with van der Waals surface area (Å²) in [5.74, 6) is 4.69. The van der Waals surface area contributed by atoms with Gasteiger partial charge in [-0.15, -0.1) is 0 Å². The molecule has 0 saturated heterocycles. The van der Waals surface area contributed by atoms with Crippen LogP contribution in [0.15, 0.2) is 0 Å². The minimum Gasteiger partial charge on any atom is -0.412 e. The molecule has 0 fully saturated rings. The molecule has 0 saturated carbocycles. The number of nitrogens with two attached hydrogens (primary N) is 1. The van der Waals surface area contributed by atoms with Crippen molar-refractivity contribution >= 4 is 9.19 Å². The molecular formula is H5AuClN2O. The largest absolute Gasteiger partial charge is 0.412 e. The first kappa shape index (κ1) is 9.32. The molecule has 0 unspecified atom stereocenters. The monoisotopic (exact) mass is 281 g/mol. The van der Waals surface area contributed by atoms with Gasteiger partial charge in [-0.25, -0.2) is 0 Å². The zero-order valence-corrected chi connectivity index (χ0v) is 5.18. The average molecular weight is 281 g/mol. The van der Waals surface area contributed by atoms with Crippen LogP contribution in [0.4, 0.5) is 0 Å². The van der Waals surface area contributed by atoms with Crippen molar-refractivity contribution in [2.45, 2.75) is 0 Å². The Kier molecular flexibility index (Phi) is 16.5.